The normalized spacial score (nSPS) is 12.2. The average molecular weight is 924 g/mol. The van der Waals surface area contributed by atoms with E-state index in [0.29, 0.717) is 30.8 Å². The summed E-state index contributed by atoms with van der Waals surface area (Å²) in [5.41, 5.74) is 0. The topological polar surface area (TPSA) is 111 Å². The highest BCUT2D eigenvalue weighted by atomic mass is 32.2. The number of amides is 2. The Morgan fingerprint density at radius 2 is 0.719 bits per heavy atom. The molecule has 2 atom stereocenters. The SMILES string of the molecule is CCCCCCCCCCCCCCCC(=O)N[C@@H](CSC[C@H](COC(=O)CCCCCCCCCCCCCCC)OC(=O)CCCCCCCCCCCCCCC)C(=O)NC. The van der Waals surface area contributed by atoms with Gasteiger partial charge in [-0.2, -0.15) is 11.8 Å². The van der Waals surface area contributed by atoms with Crippen LogP contribution >= 0.6 is 11.8 Å². The largest absolute Gasteiger partial charge is 0.462 e. The van der Waals surface area contributed by atoms with Gasteiger partial charge in [-0.15, -0.1) is 0 Å². The molecule has 0 aliphatic carbocycles. The first-order valence-electron chi connectivity index (χ1n) is 27.8. The first-order chi connectivity index (χ1) is 31.4. The average Bonchev–Trinajstić information content (AvgIpc) is 3.29. The van der Waals surface area contributed by atoms with Crippen LogP contribution in [0, 0.1) is 0 Å². The smallest absolute Gasteiger partial charge is 0.306 e. The number of carbonyl (C=O) groups excluding carboxylic acids is 4. The second kappa shape index (κ2) is 50.6. The van der Waals surface area contributed by atoms with E-state index in [0.717, 1.165) is 57.8 Å². The third kappa shape index (κ3) is 45.4. The summed E-state index contributed by atoms with van der Waals surface area (Å²) in [5, 5.41) is 5.62. The second-order valence-electron chi connectivity index (χ2n) is 19.0. The monoisotopic (exact) mass is 923 g/mol. The Balaban J connectivity index is 4.68. The summed E-state index contributed by atoms with van der Waals surface area (Å²) in [7, 11) is 1.58. The highest BCUT2D eigenvalue weighted by Crippen LogP contribution is 2.18. The molecule has 8 nitrogen and oxygen atoms in total. The highest BCUT2D eigenvalue weighted by Gasteiger charge is 2.23. The fraction of sp³-hybridized carbons (Fsp3) is 0.927. The number of unbranched alkanes of at least 4 members (excludes halogenated alkanes) is 36. The van der Waals surface area contributed by atoms with Gasteiger partial charge in [-0.05, 0) is 19.3 Å². The molecular formula is C55H106N2O6S. The quantitative estimate of drug-likeness (QED) is 0.0462. The summed E-state index contributed by atoms with van der Waals surface area (Å²) < 4.78 is 11.5. The molecule has 0 fully saturated rings. The van der Waals surface area contributed by atoms with Crippen LogP contribution in [0.15, 0.2) is 0 Å². The fourth-order valence-corrected chi connectivity index (χ4v) is 9.47. The van der Waals surface area contributed by atoms with Gasteiger partial charge >= 0.3 is 11.9 Å². The molecule has 0 saturated heterocycles. The zero-order chi connectivity index (χ0) is 46.8. The molecule has 0 aromatic rings. The molecule has 0 aromatic carbocycles. The van der Waals surface area contributed by atoms with Crippen molar-refractivity contribution >= 4 is 35.5 Å². The van der Waals surface area contributed by atoms with Crippen LogP contribution in [0.2, 0.25) is 0 Å². The standard InChI is InChI=1S/C55H106N2O6S/c1-5-8-11-14-17-20-23-26-29-32-35-38-41-44-52(58)57-51(55(61)56-4)49-64-48-50(63-54(60)46-43-40-37-34-31-28-25-22-19-16-13-10-7-3)47-62-53(59)45-42-39-36-33-30-27-24-21-18-15-12-9-6-2/h50-51H,5-49H2,1-4H3,(H,56,61)(H,57,58)/t50-,51-/m0/s1. The van der Waals surface area contributed by atoms with Crippen molar-refractivity contribution in [2.75, 3.05) is 25.2 Å². The minimum absolute atomic E-state index is 0.00463. The van der Waals surface area contributed by atoms with Gasteiger partial charge in [0.15, 0.2) is 0 Å². The van der Waals surface area contributed by atoms with Gasteiger partial charge in [-0.25, -0.2) is 0 Å². The van der Waals surface area contributed by atoms with E-state index in [-0.39, 0.29) is 30.4 Å². The van der Waals surface area contributed by atoms with Crippen LogP contribution in [-0.2, 0) is 28.7 Å². The van der Waals surface area contributed by atoms with E-state index >= 15 is 0 Å². The Bertz CT molecular complexity index is 1040. The van der Waals surface area contributed by atoms with Crippen molar-refractivity contribution in [3.8, 4) is 0 Å². The van der Waals surface area contributed by atoms with Crippen LogP contribution in [0.3, 0.4) is 0 Å². The number of thioether (sulfide) groups is 1. The van der Waals surface area contributed by atoms with Crippen molar-refractivity contribution in [2.24, 2.45) is 0 Å². The Kier molecular flexibility index (Phi) is 49.2. The second-order valence-corrected chi connectivity index (χ2v) is 20.1. The number of hydrogen-bond acceptors (Lipinski definition) is 7. The van der Waals surface area contributed by atoms with Crippen LogP contribution in [0.25, 0.3) is 0 Å². The molecule has 0 saturated carbocycles. The predicted octanol–water partition coefficient (Wildman–Crippen LogP) is 15.8. The van der Waals surface area contributed by atoms with E-state index < -0.39 is 12.1 Å². The third-order valence-electron chi connectivity index (χ3n) is 12.7. The summed E-state index contributed by atoms with van der Waals surface area (Å²) in [6.07, 6.45) is 49.2. The Morgan fingerprint density at radius 3 is 1.06 bits per heavy atom. The van der Waals surface area contributed by atoms with Crippen molar-refractivity contribution in [2.45, 2.75) is 303 Å². The number of rotatable bonds is 51. The number of carbonyl (C=O) groups is 4. The van der Waals surface area contributed by atoms with Crippen molar-refractivity contribution in [3.63, 3.8) is 0 Å². The van der Waals surface area contributed by atoms with Gasteiger partial charge < -0.3 is 20.1 Å². The Labute approximate surface area is 401 Å². The van der Waals surface area contributed by atoms with E-state index in [1.165, 1.54) is 204 Å². The van der Waals surface area contributed by atoms with E-state index in [2.05, 4.69) is 31.4 Å². The van der Waals surface area contributed by atoms with Gasteiger partial charge in [0.2, 0.25) is 11.8 Å². The summed E-state index contributed by atoms with van der Waals surface area (Å²) in [6.45, 7) is 6.79. The lowest BCUT2D eigenvalue weighted by Gasteiger charge is -2.20. The van der Waals surface area contributed by atoms with E-state index in [9.17, 15) is 19.2 Å². The molecular weight excluding hydrogens is 817 g/mol. The van der Waals surface area contributed by atoms with Crippen LogP contribution in [0.5, 0.6) is 0 Å². The molecule has 378 valence electrons. The van der Waals surface area contributed by atoms with Gasteiger partial charge in [0, 0.05) is 37.8 Å². The van der Waals surface area contributed by atoms with E-state index in [1.54, 1.807) is 7.05 Å². The van der Waals surface area contributed by atoms with Crippen LogP contribution < -0.4 is 10.6 Å². The van der Waals surface area contributed by atoms with Gasteiger partial charge in [-0.1, -0.05) is 252 Å². The van der Waals surface area contributed by atoms with Crippen LogP contribution in [-0.4, -0.2) is 61.1 Å². The van der Waals surface area contributed by atoms with Crippen molar-refractivity contribution in [3.05, 3.63) is 0 Å². The maximum absolute atomic E-state index is 13.0. The minimum Gasteiger partial charge on any atom is -0.462 e. The van der Waals surface area contributed by atoms with E-state index in [4.69, 9.17) is 9.47 Å². The highest BCUT2D eigenvalue weighted by molar-refractivity contribution is 7.99. The molecule has 64 heavy (non-hydrogen) atoms. The zero-order valence-corrected chi connectivity index (χ0v) is 43.6. The van der Waals surface area contributed by atoms with E-state index in [1.807, 2.05) is 0 Å². The maximum Gasteiger partial charge on any atom is 0.306 e. The molecule has 0 heterocycles. The molecule has 2 N–H and O–H groups in total. The van der Waals surface area contributed by atoms with Gasteiger partial charge in [0.25, 0.3) is 0 Å². The molecule has 0 rings (SSSR count). The molecule has 0 aliphatic heterocycles. The molecule has 0 aromatic heterocycles. The van der Waals surface area contributed by atoms with Gasteiger partial charge in [0.05, 0.1) is 0 Å². The minimum atomic E-state index is -0.690. The Morgan fingerprint density at radius 1 is 0.406 bits per heavy atom. The summed E-state index contributed by atoms with van der Waals surface area (Å²) in [6, 6.07) is -0.690. The lowest BCUT2D eigenvalue weighted by atomic mass is 10.0. The molecule has 0 radical (unpaired) electrons. The Hall–Kier alpha value is -1.77. The summed E-state index contributed by atoms with van der Waals surface area (Å²) >= 11 is 1.44. The molecule has 9 heteroatoms. The van der Waals surface area contributed by atoms with Crippen LogP contribution in [0.1, 0.15) is 290 Å². The first-order valence-corrected chi connectivity index (χ1v) is 29.0. The number of ether oxygens (including phenoxy) is 2. The predicted molar refractivity (Wildman–Crippen MR) is 275 cm³/mol. The molecule has 0 aliphatic rings. The van der Waals surface area contributed by atoms with Gasteiger partial charge in [-0.3, -0.25) is 19.2 Å². The maximum atomic E-state index is 13.0. The number of likely N-dealkylation sites (N-methyl/N-ethyl adjacent to an activating group) is 1. The lowest BCUT2D eigenvalue weighted by molar-refractivity contribution is -0.157. The molecule has 0 unspecified atom stereocenters. The number of esters is 2. The van der Waals surface area contributed by atoms with Crippen molar-refractivity contribution in [1.82, 2.24) is 10.6 Å². The molecule has 0 bridgehead atoms. The van der Waals surface area contributed by atoms with Crippen molar-refractivity contribution in [1.29, 1.82) is 0 Å². The first kappa shape index (κ1) is 62.2. The third-order valence-corrected chi connectivity index (χ3v) is 13.9. The number of nitrogens with one attached hydrogen (secondary N) is 2. The number of hydrogen-bond donors (Lipinski definition) is 2. The zero-order valence-electron chi connectivity index (χ0n) is 42.8. The fourth-order valence-electron chi connectivity index (χ4n) is 8.44. The summed E-state index contributed by atoms with van der Waals surface area (Å²) in [4.78, 5) is 51.4. The lowest BCUT2D eigenvalue weighted by Crippen LogP contribution is -2.47. The van der Waals surface area contributed by atoms with Crippen molar-refractivity contribution < 1.29 is 28.7 Å². The summed E-state index contributed by atoms with van der Waals surface area (Å²) in [5.74, 6) is -0.168. The van der Waals surface area contributed by atoms with Gasteiger partial charge in [0.1, 0.15) is 18.8 Å². The molecule has 0 spiro atoms. The molecule has 2 amide bonds. The van der Waals surface area contributed by atoms with Crippen LogP contribution in [0.4, 0.5) is 0 Å².